The summed E-state index contributed by atoms with van der Waals surface area (Å²) in [6.45, 7) is 0. The van der Waals surface area contributed by atoms with Crippen molar-refractivity contribution in [1.82, 2.24) is 0 Å². The molecular formula is C12H20O. The summed E-state index contributed by atoms with van der Waals surface area (Å²) in [7, 11) is 0. The molecule has 0 spiro atoms. The molecule has 74 valence electrons. The van der Waals surface area contributed by atoms with Crippen LogP contribution in [0.4, 0.5) is 0 Å². The molecule has 0 saturated heterocycles. The smallest absolute Gasteiger partial charge is 0.133 e. The number of Topliss-reactive ketones (excluding diaryl/α,β-unsaturated/α-hetero) is 1. The first kappa shape index (κ1) is 9.23. The van der Waals surface area contributed by atoms with Gasteiger partial charge in [-0.2, -0.15) is 0 Å². The summed E-state index contributed by atoms with van der Waals surface area (Å²) in [6.07, 6.45) is 11.3. The molecule has 0 aromatic rings. The lowest BCUT2D eigenvalue weighted by Gasteiger charge is -2.32. The highest BCUT2D eigenvalue weighted by Crippen LogP contribution is 2.36. The van der Waals surface area contributed by atoms with E-state index in [1.54, 1.807) is 0 Å². The Labute approximate surface area is 80.9 Å². The van der Waals surface area contributed by atoms with Crippen LogP contribution in [-0.4, -0.2) is 5.78 Å². The van der Waals surface area contributed by atoms with Gasteiger partial charge in [-0.1, -0.05) is 32.1 Å². The van der Waals surface area contributed by atoms with E-state index in [0.717, 1.165) is 24.7 Å². The van der Waals surface area contributed by atoms with Crippen molar-refractivity contribution in [3.63, 3.8) is 0 Å². The van der Waals surface area contributed by atoms with Gasteiger partial charge in [0.2, 0.25) is 0 Å². The zero-order valence-corrected chi connectivity index (χ0v) is 8.43. The van der Waals surface area contributed by atoms with Gasteiger partial charge in [0.1, 0.15) is 5.78 Å². The molecule has 0 aromatic carbocycles. The van der Waals surface area contributed by atoms with Gasteiger partial charge in [0.05, 0.1) is 0 Å². The Morgan fingerprint density at radius 2 is 1.54 bits per heavy atom. The molecule has 2 rings (SSSR count). The lowest BCUT2D eigenvalue weighted by Crippen LogP contribution is -2.24. The zero-order valence-electron chi connectivity index (χ0n) is 8.43. The Bertz CT molecular complexity index is 180. The fourth-order valence-electron chi connectivity index (χ4n) is 3.07. The maximum atomic E-state index is 11.3. The minimum Gasteiger partial charge on any atom is -0.300 e. The van der Waals surface area contributed by atoms with Gasteiger partial charge >= 0.3 is 0 Å². The van der Waals surface area contributed by atoms with E-state index in [2.05, 4.69) is 0 Å². The minimum atomic E-state index is 0.529. The molecular weight excluding hydrogens is 160 g/mol. The van der Waals surface area contributed by atoms with Gasteiger partial charge in [-0.05, 0) is 24.7 Å². The lowest BCUT2D eigenvalue weighted by molar-refractivity contribution is -0.122. The molecule has 0 aromatic heterocycles. The molecule has 2 saturated carbocycles. The molecule has 13 heavy (non-hydrogen) atoms. The highest BCUT2D eigenvalue weighted by atomic mass is 16.1. The number of carbonyl (C=O) groups excluding carboxylic acids is 1. The van der Waals surface area contributed by atoms with Crippen molar-refractivity contribution in [3.8, 4) is 0 Å². The second kappa shape index (κ2) is 4.26. The lowest BCUT2D eigenvalue weighted by atomic mass is 9.73. The summed E-state index contributed by atoms with van der Waals surface area (Å²) in [5, 5.41) is 0. The average Bonchev–Trinajstić information content (AvgIpc) is 2.19. The molecule has 0 aliphatic heterocycles. The molecule has 2 aliphatic rings. The highest BCUT2D eigenvalue weighted by Gasteiger charge is 2.27. The fraction of sp³-hybridized carbons (Fsp3) is 0.917. The van der Waals surface area contributed by atoms with Gasteiger partial charge in [0, 0.05) is 12.8 Å². The predicted molar refractivity (Wildman–Crippen MR) is 53.5 cm³/mol. The van der Waals surface area contributed by atoms with E-state index in [-0.39, 0.29) is 0 Å². The number of carbonyl (C=O) groups is 1. The van der Waals surface area contributed by atoms with Gasteiger partial charge in [0.25, 0.3) is 0 Å². The van der Waals surface area contributed by atoms with Crippen molar-refractivity contribution in [2.45, 2.75) is 57.8 Å². The topological polar surface area (TPSA) is 17.1 Å². The molecule has 1 nitrogen and oxygen atoms in total. The van der Waals surface area contributed by atoms with Crippen LogP contribution in [0.1, 0.15) is 57.8 Å². The van der Waals surface area contributed by atoms with E-state index in [1.165, 1.54) is 44.9 Å². The van der Waals surface area contributed by atoms with E-state index in [9.17, 15) is 4.79 Å². The number of ketones is 1. The third kappa shape index (κ3) is 2.32. The van der Waals surface area contributed by atoms with Crippen molar-refractivity contribution in [1.29, 1.82) is 0 Å². The molecule has 0 amide bonds. The van der Waals surface area contributed by atoms with Crippen LogP contribution < -0.4 is 0 Å². The van der Waals surface area contributed by atoms with Crippen molar-refractivity contribution >= 4 is 5.78 Å². The second-order valence-corrected chi connectivity index (χ2v) is 4.79. The van der Waals surface area contributed by atoms with Gasteiger partial charge < -0.3 is 0 Å². The summed E-state index contributed by atoms with van der Waals surface area (Å²) in [5.74, 6) is 2.20. The SMILES string of the molecule is O=C1CCCC(C2CCCCC2)C1. The monoisotopic (exact) mass is 180 g/mol. The average molecular weight is 180 g/mol. The van der Waals surface area contributed by atoms with Crippen LogP contribution in [0.2, 0.25) is 0 Å². The van der Waals surface area contributed by atoms with Crippen molar-refractivity contribution in [2.75, 3.05) is 0 Å². The molecule has 0 heterocycles. The van der Waals surface area contributed by atoms with Gasteiger partial charge in [-0.15, -0.1) is 0 Å². The first-order valence-electron chi connectivity index (χ1n) is 5.88. The van der Waals surface area contributed by atoms with E-state index in [4.69, 9.17) is 0 Å². The fourth-order valence-corrected chi connectivity index (χ4v) is 3.07. The summed E-state index contributed by atoms with van der Waals surface area (Å²) in [6, 6.07) is 0. The minimum absolute atomic E-state index is 0.529. The summed E-state index contributed by atoms with van der Waals surface area (Å²) >= 11 is 0. The van der Waals surface area contributed by atoms with Crippen LogP contribution in [0.15, 0.2) is 0 Å². The molecule has 2 aliphatic carbocycles. The van der Waals surface area contributed by atoms with Crippen molar-refractivity contribution < 1.29 is 4.79 Å². The van der Waals surface area contributed by atoms with Gasteiger partial charge in [-0.3, -0.25) is 4.79 Å². The largest absolute Gasteiger partial charge is 0.300 e. The zero-order chi connectivity index (χ0) is 9.10. The van der Waals surface area contributed by atoms with Crippen molar-refractivity contribution in [2.24, 2.45) is 11.8 Å². The van der Waals surface area contributed by atoms with Crippen LogP contribution in [0.3, 0.4) is 0 Å². The highest BCUT2D eigenvalue weighted by molar-refractivity contribution is 5.79. The number of hydrogen-bond acceptors (Lipinski definition) is 1. The Balaban J connectivity index is 1.87. The summed E-state index contributed by atoms with van der Waals surface area (Å²) < 4.78 is 0. The van der Waals surface area contributed by atoms with Gasteiger partial charge in [-0.25, -0.2) is 0 Å². The predicted octanol–water partition coefficient (Wildman–Crippen LogP) is 3.33. The Kier molecular flexibility index (Phi) is 3.02. The standard InChI is InChI=1S/C12H20O/c13-12-8-4-7-11(9-12)10-5-2-1-3-6-10/h10-11H,1-9H2. The maximum absolute atomic E-state index is 11.3. The quantitative estimate of drug-likeness (QED) is 0.605. The molecule has 0 N–H and O–H groups in total. The van der Waals surface area contributed by atoms with Gasteiger partial charge in [0.15, 0.2) is 0 Å². The maximum Gasteiger partial charge on any atom is 0.133 e. The van der Waals surface area contributed by atoms with E-state index in [1.807, 2.05) is 0 Å². The van der Waals surface area contributed by atoms with Crippen LogP contribution in [0, 0.1) is 11.8 Å². The Morgan fingerprint density at radius 1 is 0.846 bits per heavy atom. The first-order chi connectivity index (χ1) is 6.36. The number of rotatable bonds is 1. The van der Waals surface area contributed by atoms with Crippen LogP contribution in [0.25, 0.3) is 0 Å². The summed E-state index contributed by atoms with van der Waals surface area (Å²) in [5.41, 5.74) is 0. The Hall–Kier alpha value is -0.330. The first-order valence-corrected chi connectivity index (χ1v) is 5.88. The number of hydrogen-bond donors (Lipinski definition) is 0. The van der Waals surface area contributed by atoms with E-state index < -0.39 is 0 Å². The third-order valence-corrected chi connectivity index (χ3v) is 3.84. The molecule has 1 heteroatoms. The van der Waals surface area contributed by atoms with E-state index >= 15 is 0 Å². The van der Waals surface area contributed by atoms with Crippen LogP contribution in [-0.2, 0) is 4.79 Å². The molecule has 0 radical (unpaired) electrons. The van der Waals surface area contributed by atoms with Crippen LogP contribution >= 0.6 is 0 Å². The van der Waals surface area contributed by atoms with Crippen LogP contribution in [0.5, 0.6) is 0 Å². The molecule has 1 unspecified atom stereocenters. The molecule has 2 fully saturated rings. The summed E-state index contributed by atoms with van der Waals surface area (Å²) in [4.78, 5) is 11.3. The molecule has 1 atom stereocenters. The Morgan fingerprint density at radius 3 is 2.23 bits per heavy atom. The normalized spacial score (nSPS) is 32.0. The van der Waals surface area contributed by atoms with Crippen molar-refractivity contribution in [3.05, 3.63) is 0 Å². The second-order valence-electron chi connectivity index (χ2n) is 4.79. The molecule has 0 bridgehead atoms. The van der Waals surface area contributed by atoms with E-state index in [0.29, 0.717) is 5.78 Å². The third-order valence-electron chi connectivity index (χ3n) is 3.84.